The zero-order valence-corrected chi connectivity index (χ0v) is 13.0. The van der Waals surface area contributed by atoms with E-state index in [1.54, 1.807) is 0 Å². The summed E-state index contributed by atoms with van der Waals surface area (Å²) in [5.74, 6) is 0.598. The van der Waals surface area contributed by atoms with E-state index in [0.29, 0.717) is 6.04 Å². The summed E-state index contributed by atoms with van der Waals surface area (Å²) >= 11 is 0. The van der Waals surface area contributed by atoms with Crippen LogP contribution in [-0.2, 0) is 4.79 Å². The van der Waals surface area contributed by atoms with E-state index < -0.39 is 0 Å². The maximum atomic E-state index is 11.4. The monoisotopic (exact) mass is 269 g/mol. The standard InChI is InChI=1S/C15H31N3O/c1-11(2)17-14(15(16)19)8-9-18(4)13-7-5-6-12(3)10-13/h11-14,17H,5-10H2,1-4H3,(H2,16,19). The Labute approximate surface area is 118 Å². The van der Waals surface area contributed by atoms with Gasteiger partial charge >= 0.3 is 0 Å². The Morgan fingerprint density at radius 1 is 1.42 bits per heavy atom. The van der Waals surface area contributed by atoms with Gasteiger partial charge < -0.3 is 16.0 Å². The summed E-state index contributed by atoms with van der Waals surface area (Å²) in [6.07, 6.45) is 6.08. The Bertz CT molecular complexity index is 281. The van der Waals surface area contributed by atoms with E-state index in [4.69, 9.17) is 5.73 Å². The lowest BCUT2D eigenvalue weighted by atomic mass is 9.86. The van der Waals surface area contributed by atoms with Gasteiger partial charge in [0.05, 0.1) is 6.04 Å². The lowest BCUT2D eigenvalue weighted by Gasteiger charge is -2.34. The number of carbonyl (C=O) groups is 1. The lowest BCUT2D eigenvalue weighted by molar-refractivity contribution is -0.120. The Kier molecular flexibility index (Phi) is 6.80. The summed E-state index contributed by atoms with van der Waals surface area (Å²) in [7, 11) is 2.18. The van der Waals surface area contributed by atoms with Gasteiger partial charge in [0.2, 0.25) is 5.91 Å². The summed E-state index contributed by atoms with van der Waals surface area (Å²) < 4.78 is 0. The van der Waals surface area contributed by atoms with Crippen LogP contribution in [0.25, 0.3) is 0 Å². The Balaban J connectivity index is 2.38. The first kappa shape index (κ1) is 16.4. The lowest BCUT2D eigenvalue weighted by Crippen LogP contribution is -2.47. The van der Waals surface area contributed by atoms with Crippen molar-refractivity contribution < 1.29 is 4.79 Å². The molecular formula is C15H31N3O. The number of rotatable bonds is 7. The van der Waals surface area contributed by atoms with E-state index in [-0.39, 0.29) is 18.0 Å². The second kappa shape index (κ2) is 7.85. The molecule has 1 aliphatic rings. The van der Waals surface area contributed by atoms with Crippen LogP contribution in [0.5, 0.6) is 0 Å². The average Bonchev–Trinajstić information content (AvgIpc) is 2.33. The molecule has 3 atom stereocenters. The number of nitrogens with two attached hydrogens (primary N) is 1. The van der Waals surface area contributed by atoms with Crippen LogP contribution in [0.3, 0.4) is 0 Å². The highest BCUT2D eigenvalue weighted by Gasteiger charge is 2.23. The first-order chi connectivity index (χ1) is 8.90. The van der Waals surface area contributed by atoms with Gasteiger partial charge in [-0.25, -0.2) is 0 Å². The molecule has 0 aromatic heterocycles. The summed E-state index contributed by atoms with van der Waals surface area (Å²) in [6.45, 7) is 7.36. The molecule has 3 unspecified atom stereocenters. The molecule has 4 heteroatoms. The van der Waals surface area contributed by atoms with E-state index in [2.05, 4.69) is 24.2 Å². The van der Waals surface area contributed by atoms with Crippen LogP contribution in [0.2, 0.25) is 0 Å². The number of nitrogens with one attached hydrogen (secondary N) is 1. The first-order valence-corrected chi connectivity index (χ1v) is 7.65. The number of amides is 1. The Hall–Kier alpha value is -0.610. The molecule has 3 N–H and O–H groups in total. The number of hydrogen-bond donors (Lipinski definition) is 2. The van der Waals surface area contributed by atoms with E-state index in [0.717, 1.165) is 18.9 Å². The van der Waals surface area contributed by atoms with Gasteiger partial charge in [0.15, 0.2) is 0 Å². The number of hydrogen-bond acceptors (Lipinski definition) is 3. The second-order valence-electron chi connectivity index (χ2n) is 6.47. The zero-order chi connectivity index (χ0) is 14.4. The molecule has 1 fully saturated rings. The van der Waals surface area contributed by atoms with Crippen molar-refractivity contribution in [2.75, 3.05) is 13.6 Å². The van der Waals surface area contributed by atoms with Crippen LogP contribution in [0.1, 0.15) is 52.9 Å². The molecule has 112 valence electrons. The molecule has 0 aromatic rings. The molecule has 0 bridgehead atoms. The minimum atomic E-state index is -0.237. The van der Waals surface area contributed by atoms with Gasteiger partial charge in [-0.2, -0.15) is 0 Å². The summed E-state index contributed by atoms with van der Waals surface area (Å²) in [6, 6.07) is 0.761. The minimum absolute atomic E-state index is 0.205. The number of nitrogens with zero attached hydrogens (tertiary/aromatic N) is 1. The fraction of sp³-hybridized carbons (Fsp3) is 0.933. The number of carbonyl (C=O) groups excluding carboxylic acids is 1. The Morgan fingerprint density at radius 3 is 2.63 bits per heavy atom. The highest BCUT2D eigenvalue weighted by Crippen LogP contribution is 2.26. The second-order valence-corrected chi connectivity index (χ2v) is 6.47. The molecule has 0 aliphatic heterocycles. The van der Waals surface area contributed by atoms with E-state index >= 15 is 0 Å². The third kappa shape index (κ3) is 5.91. The normalized spacial score (nSPS) is 25.8. The van der Waals surface area contributed by atoms with Crippen molar-refractivity contribution in [1.82, 2.24) is 10.2 Å². The van der Waals surface area contributed by atoms with Crippen molar-refractivity contribution in [2.24, 2.45) is 11.7 Å². The van der Waals surface area contributed by atoms with Gasteiger partial charge in [0, 0.05) is 18.6 Å². The highest BCUT2D eigenvalue weighted by atomic mass is 16.1. The Morgan fingerprint density at radius 2 is 2.11 bits per heavy atom. The topological polar surface area (TPSA) is 58.4 Å². The summed E-state index contributed by atoms with van der Waals surface area (Å²) in [4.78, 5) is 13.8. The molecule has 0 aromatic carbocycles. The van der Waals surface area contributed by atoms with Gasteiger partial charge in [-0.1, -0.05) is 33.6 Å². The van der Waals surface area contributed by atoms with Crippen LogP contribution in [0, 0.1) is 5.92 Å². The van der Waals surface area contributed by atoms with Crippen LogP contribution in [0.4, 0.5) is 0 Å². The molecule has 4 nitrogen and oxygen atoms in total. The molecule has 0 radical (unpaired) electrons. The summed E-state index contributed by atoms with van der Waals surface area (Å²) in [5.41, 5.74) is 5.45. The molecule has 19 heavy (non-hydrogen) atoms. The third-order valence-electron chi connectivity index (χ3n) is 4.18. The molecule has 1 rings (SSSR count). The number of primary amides is 1. The molecule has 0 heterocycles. The first-order valence-electron chi connectivity index (χ1n) is 7.65. The van der Waals surface area contributed by atoms with Crippen LogP contribution in [-0.4, -0.2) is 42.5 Å². The third-order valence-corrected chi connectivity index (χ3v) is 4.18. The van der Waals surface area contributed by atoms with Gasteiger partial charge in [-0.05, 0) is 32.2 Å². The minimum Gasteiger partial charge on any atom is -0.368 e. The molecule has 0 spiro atoms. The highest BCUT2D eigenvalue weighted by molar-refractivity contribution is 5.79. The predicted molar refractivity (Wildman–Crippen MR) is 79.9 cm³/mol. The van der Waals surface area contributed by atoms with E-state index in [1.165, 1.54) is 25.7 Å². The fourth-order valence-corrected chi connectivity index (χ4v) is 3.03. The van der Waals surface area contributed by atoms with Crippen LogP contribution in [0.15, 0.2) is 0 Å². The van der Waals surface area contributed by atoms with Crippen molar-refractivity contribution in [2.45, 2.75) is 71.0 Å². The van der Waals surface area contributed by atoms with Gasteiger partial charge in [-0.3, -0.25) is 4.79 Å². The van der Waals surface area contributed by atoms with Crippen molar-refractivity contribution in [3.63, 3.8) is 0 Å². The molecule has 1 aliphatic carbocycles. The maximum Gasteiger partial charge on any atom is 0.234 e. The predicted octanol–water partition coefficient (Wildman–Crippen LogP) is 1.74. The molecular weight excluding hydrogens is 238 g/mol. The SMILES string of the molecule is CC1CCCC(N(C)CCC(NC(C)C)C(N)=O)C1. The quantitative estimate of drug-likeness (QED) is 0.740. The molecule has 0 saturated heterocycles. The van der Waals surface area contributed by atoms with Crippen LogP contribution < -0.4 is 11.1 Å². The van der Waals surface area contributed by atoms with Crippen molar-refractivity contribution >= 4 is 5.91 Å². The van der Waals surface area contributed by atoms with E-state index in [9.17, 15) is 4.79 Å². The van der Waals surface area contributed by atoms with Crippen molar-refractivity contribution in [3.05, 3.63) is 0 Å². The van der Waals surface area contributed by atoms with Gasteiger partial charge in [0.1, 0.15) is 0 Å². The van der Waals surface area contributed by atoms with Gasteiger partial charge in [0.25, 0.3) is 0 Å². The van der Waals surface area contributed by atoms with E-state index in [1.807, 2.05) is 13.8 Å². The maximum absolute atomic E-state index is 11.4. The van der Waals surface area contributed by atoms with Crippen LogP contribution >= 0.6 is 0 Å². The molecule has 1 saturated carbocycles. The van der Waals surface area contributed by atoms with Crippen molar-refractivity contribution in [3.8, 4) is 0 Å². The van der Waals surface area contributed by atoms with Gasteiger partial charge in [-0.15, -0.1) is 0 Å². The molecule has 1 amide bonds. The fourth-order valence-electron chi connectivity index (χ4n) is 3.03. The largest absolute Gasteiger partial charge is 0.368 e. The smallest absolute Gasteiger partial charge is 0.234 e. The summed E-state index contributed by atoms with van der Waals surface area (Å²) in [5, 5.41) is 3.25. The van der Waals surface area contributed by atoms with Crippen molar-refractivity contribution in [1.29, 1.82) is 0 Å². The zero-order valence-electron chi connectivity index (χ0n) is 13.0. The average molecular weight is 269 g/mol.